The molecule has 1 fully saturated rings. The first-order valence-electron chi connectivity index (χ1n) is 4.02. The lowest BCUT2D eigenvalue weighted by Crippen LogP contribution is -2.42. The maximum atomic E-state index is 10.6. The van der Waals surface area contributed by atoms with Gasteiger partial charge in [-0.05, 0) is 12.8 Å². The molecule has 0 saturated heterocycles. The maximum absolute atomic E-state index is 10.6. The van der Waals surface area contributed by atoms with Gasteiger partial charge in [0, 0.05) is 18.3 Å². The molecule has 2 atom stereocenters. The Hall–Kier alpha value is -1.13. The molecule has 0 aromatic carbocycles. The van der Waals surface area contributed by atoms with Gasteiger partial charge in [-0.15, -0.1) is 0 Å². The van der Waals surface area contributed by atoms with Crippen LogP contribution in [0.25, 0.3) is 0 Å². The Morgan fingerprint density at radius 2 is 2.25 bits per heavy atom. The number of nitro groups is 1. The van der Waals surface area contributed by atoms with Crippen LogP contribution < -0.4 is 5.32 Å². The van der Waals surface area contributed by atoms with Crippen molar-refractivity contribution in [2.45, 2.75) is 38.3 Å². The predicted octanol–water partition coefficient (Wildman–Crippen LogP) is 0.320. The van der Waals surface area contributed by atoms with E-state index in [4.69, 9.17) is 0 Å². The summed E-state index contributed by atoms with van der Waals surface area (Å²) in [5, 5.41) is 13.0. The molecule has 68 valence electrons. The largest absolute Gasteiger partial charge is 0.347 e. The molecule has 1 amide bonds. The zero-order valence-corrected chi connectivity index (χ0v) is 6.95. The molecule has 0 radical (unpaired) electrons. The van der Waals surface area contributed by atoms with Crippen molar-refractivity contribution >= 4 is 5.91 Å². The third kappa shape index (κ3) is 1.93. The minimum Gasteiger partial charge on any atom is -0.347 e. The number of rotatable bonds is 2. The predicted molar refractivity (Wildman–Crippen MR) is 42.2 cm³/mol. The van der Waals surface area contributed by atoms with E-state index in [9.17, 15) is 14.9 Å². The van der Waals surface area contributed by atoms with E-state index in [1.165, 1.54) is 6.92 Å². The van der Waals surface area contributed by atoms with Crippen molar-refractivity contribution in [2.75, 3.05) is 0 Å². The Bertz CT molecular complexity index is 205. The molecule has 0 heterocycles. The summed E-state index contributed by atoms with van der Waals surface area (Å²) in [6.07, 6.45) is 2.14. The van der Waals surface area contributed by atoms with Gasteiger partial charge in [0.2, 0.25) is 11.9 Å². The normalized spacial score (nSPS) is 28.4. The van der Waals surface area contributed by atoms with Crippen molar-refractivity contribution in [2.24, 2.45) is 0 Å². The zero-order valence-electron chi connectivity index (χ0n) is 6.95. The number of hydrogen-bond donors (Lipinski definition) is 1. The molecular weight excluding hydrogens is 160 g/mol. The fourth-order valence-corrected chi connectivity index (χ4v) is 1.62. The van der Waals surface area contributed by atoms with E-state index in [1.54, 1.807) is 0 Å². The van der Waals surface area contributed by atoms with E-state index in [1.807, 2.05) is 0 Å². The molecule has 5 heteroatoms. The fourth-order valence-electron chi connectivity index (χ4n) is 1.62. The van der Waals surface area contributed by atoms with Crippen molar-refractivity contribution in [1.82, 2.24) is 5.32 Å². The van der Waals surface area contributed by atoms with Gasteiger partial charge in [0.25, 0.3) is 0 Å². The van der Waals surface area contributed by atoms with Crippen LogP contribution in [0.15, 0.2) is 0 Å². The van der Waals surface area contributed by atoms with Crippen molar-refractivity contribution in [3.63, 3.8) is 0 Å². The highest BCUT2D eigenvalue weighted by Gasteiger charge is 2.36. The van der Waals surface area contributed by atoms with Gasteiger partial charge in [-0.3, -0.25) is 14.9 Å². The summed E-state index contributed by atoms with van der Waals surface area (Å²) in [6.45, 7) is 1.38. The van der Waals surface area contributed by atoms with Gasteiger partial charge in [-0.2, -0.15) is 0 Å². The Morgan fingerprint density at radius 1 is 1.58 bits per heavy atom. The van der Waals surface area contributed by atoms with Gasteiger partial charge < -0.3 is 5.32 Å². The van der Waals surface area contributed by atoms with Gasteiger partial charge >= 0.3 is 0 Å². The van der Waals surface area contributed by atoms with Gasteiger partial charge in [-0.25, -0.2) is 0 Å². The highest BCUT2D eigenvalue weighted by Crippen LogP contribution is 2.21. The van der Waals surface area contributed by atoms with E-state index >= 15 is 0 Å². The summed E-state index contributed by atoms with van der Waals surface area (Å²) < 4.78 is 0. The quantitative estimate of drug-likeness (QED) is 0.481. The standard InChI is InChI=1S/C7H12N2O3/c1-5(10)8-6-3-2-4-7(6)9(11)12/h6-7H,2-4H2,1H3,(H,8,10). The molecular formula is C7H12N2O3. The summed E-state index contributed by atoms with van der Waals surface area (Å²) >= 11 is 0. The highest BCUT2D eigenvalue weighted by molar-refractivity contribution is 5.73. The Labute approximate surface area is 70.3 Å². The minimum atomic E-state index is -0.575. The van der Waals surface area contributed by atoms with Gasteiger partial charge in [-0.1, -0.05) is 0 Å². The molecule has 0 aromatic rings. The molecule has 0 aliphatic heterocycles. The Kier molecular flexibility index (Phi) is 2.62. The van der Waals surface area contributed by atoms with Gasteiger partial charge in [0.05, 0.1) is 6.04 Å². The first-order valence-corrected chi connectivity index (χ1v) is 4.02. The van der Waals surface area contributed by atoms with Crippen molar-refractivity contribution in [1.29, 1.82) is 0 Å². The average Bonchev–Trinajstić information content (AvgIpc) is 2.33. The van der Waals surface area contributed by atoms with E-state index in [0.29, 0.717) is 6.42 Å². The second-order valence-electron chi connectivity index (χ2n) is 3.09. The van der Waals surface area contributed by atoms with Gasteiger partial charge in [0.1, 0.15) is 0 Å². The molecule has 0 bridgehead atoms. The number of nitrogens with zero attached hydrogens (tertiary/aromatic N) is 1. The number of hydrogen-bond acceptors (Lipinski definition) is 3. The smallest absolute Gasteiger partial charge is 0.232 e. The van der Waals surface area contributed by atoms with Crippen LogP contribution in [0.1, 0.15) is 26.2 Å². The third-order valence-electron chi connectivity index (χ3n) is 2.14. The molecule has 1 saturated carbocycles. The first-order chi connectivity index (χ1) is 5.61. The summed E-state index contributed by atoms with van der Waals surface area (Å²) in [5.41, 5.74) is 0. The zero-order chi connectivity index (χ0) is 9.14. The monoisotopic (exact) mass is 172 g/mol. The Morgan fingerprint density at radius 3 is 2.75 bits per heavy atom. The van der Waals surface area contributed by atoms with Gasteiger partial charge in [0.15, 0.2) is 0 Å². The second kappa shape index (κ2) is 3.51. The van der Waals surface area contributed by atoms with Crippen LogP contribution in [0.2, 0.25) is 0 Å². The molecule has 12 heavy (non-hydrogen) atoms. The second-order valence-corrected chi connectivity index (χ2v) is 3.09. The van der Waals surface area contributed by atoms with Crippen LogP contribution >= 0.6 is 0 Å². The van der Waals surface area contributed by atoms with Crippen molar-refractivity contribution in [3.8, 4) is 0 Å². The topological polar surface area (TPSA) is 72.2 Å². The van der Waals surface area contributed by atoms with Crippen molar-refractivity contribution in [3.05, 3.63) is 10.1 Å². The molecule has 1 N–H and O–H groups in total. The number of amides is 1. The number of carbonyl (C=O) groups excluding carboxylic acids is 1. The number of nitrogens with one attached hydrogen (secondary N) is 1. The maximum Gasteiger partial charge on any atom is 0.232 e. The van der Waals surface area contributed by atoms with Crippen LogP contribution in [0, 0.1) is 10.1 Å². The summed E-state index contributed by atoms with van der Waals surface area (Å²) in [5.74, 6) is -0.186. The molecule has 0 spiro atoms. The first kappa shape index (κ1) is 8.96. The summed E-state index contributed by atoms with van der Waals surface area (Å²) in [7, 11) is 0. The third-order valence-corrected chi connectivity index (χ3v) is 2.14. The van der Waals surface area contributed by atoms with Crippen molar-refractivity contribution < 1.29 is 9.72 Å². The SMILES string of the molecule is CC(=O)NC1CCCC1[N+](=O)[O-]. The van der Waals surface area contributed by atoms with E-state index in [0.717, 1.165) is 12.8 Å². The molecule has 1 aliphatic rings. The van der Waals surface area contributed by atoms with E-state index in [-0.39, 0.29) is 16.9 Å². The average molecular weight is 172 g/mol. The minimum absolute atomic E-state index is 0.186. The summed E-state index contributed by atoms with van der Waals surface area (Å²) in [4.78, 5) is 20.8. The Balaban J connectivity index is 2.52. The van der Waals surface area contributed by atoms with Crippen LogP contribution in [0.3, 0.4) is 0 Å². The lowest BCUT2D eigenvalue weighted by molar-refractivity contribution is -0.523. The highest BCUT2D eigenvalue weighted by atomic mass is 16.6. The molecule has 2 unspecified atom stereocenters. The molecule has 0 aromatic heterocycles. The van der Waals surface area contributed by atoms with Crippen LogP contribution in [0.5, 0.6) is 0 Å². The fraction of sp³-hybridized carbons (Fsp3) is 0.857. The van der Waals surface area contributed by atoms with Crippen LogP contribution in [0.4, 0.5) is 0 Å². The van der Waals surface area contributed by atoms with Crippen LogP contribution in [-0.4, -0.2) is 22.9 Å². The van der Waals surface area contributed by atoms with E-state index < -0.39 is 6.04 Å². The number of carbonyl (C=O) groups is 1. The molecule has 5 nitrogen and oxygen atoms in total. The lowest BCUT2D eigenvalue weighted by atomic mass is 10.2. The van der Waals surface area contributed by atoms with Crippen LogP contribution in [-0.2, 0) is 4.79 Å². The molecule has 1 aliphatic carbocycles. The lowest BCUT2D eigenvalue weighted by Gasteiger charge is -2.12. The summed E-state index contributed by atoms with van der Waals surface area (Å²) in [6, 6.07) is -0.827. The van der Waals surface area contributed by atoms with E-state index in [2.05, 4.69) is 5.32 Å². The molecule has 1 rings (SSSR count).